The molecule has 2 unspecified atom stereocenters. The normalized spacial score (nSPS) is 34.5. The van der Waals surface area contributed by atoms with Gasteiger partial charge in [0.15, 0.2) is 11.6 Å². The van der Waals surface area contributed by atoms with Gasteiger partial charge in [0.05, 0.1) is 6.61 Å². The van der Waals surface area contributed by atoms with Crippen LogP contribution in [0.25, 0.3) is 0 Å². The van der Waals surface area contributed by atoms with Crippen LogP contribution in [0.1, 0.15) is 41.0 Å². The number of carbonyl (C=O) groups excluding carboxylic acids is 1. The minimum Gasteiger partial charge on any atom is -0.394 e. The lowest BCUT2D eigenvalue weighted by atomic mass is 10.1. The largest absolute Gasteiger partial charge is 0.394 e. The molecule has 0 radical (unpaired) electrons. The Bertz CT molecular complexity index is 205. The molecule has 0 aromatic rings. The molecular weight excluding hydrogens is 196 g/mol. The zero-order valence-corrected chi connectivity index (χ0v) is 10.2. The van der Waals surface area contributed by atoms with Crippen molar-refractivity contribution in [3.05, 3.63) is 0 Å². The average molecular weight is 218 g/mol. The number of aliphatic hydroxyl groups excluding tert-OH is 1. The molecule has 1 fully saturated rings. The Morgan fingerprint density at radius 1 is 1.40 bits per heavy atom. The van der Waals surface area contributed by atoms with Gasteiger partial charge in [-0.15, -0.1) is 0 Å². The van der Waals surface area contributed by atoms with Gasteiger partial charge in [-0.05, 0) is 20.3 Å². The second-order valence-corrected chi connectivity index (χ2v) is 3.48. The third-order valence-electron chi connectivity index (χ3n) is 2.34. The fraction of sp³-hybridized carbons (Fsp3) is 0.909. The lowest BCUT2D eigenvalue weighted by molar-refractivity contribution is -0.168. The highest BCUT2D eigenvalue weighted by molar-refractivity contribution is 5.81. The second-order valence-electron chi connectivity index (χ2n) is 3.48. The van der Waals surface area contributed by atoms with Crippen molar-refractivity contribution in [1.82, 2.24) is 0 Å². The summed E-state index contributed by atoms with van der Waals surface area (Å²) in [7, 11) is 0. The summed E-state index contributed by atoms with van der Waals surface area (Å²) in [5, 5.41) is 8.96. The summed E-state index contributed by atoms with van der Waals surface area (Å²) in [6.45, 7) is 8.95. The van der Waals surface area contributed by atoms with Gasteiger partial charge in [-0.25, -0.2) is 0 Å². The van der Waals surface area contributed by atoms with Crippen LogP contribution in [0.15, 0.2) is 0 Å². The zero-order valence-electron chi connectivity index (χ0n) is 10.2. The van der Waals surface area contributed by atoms with Gasteiger partial charge in [0.2, 0.25) is 0 Å². The molecule has 4 heteroatoms. The molecule has 1 saturated heterocycles. The molecule has 0 amide bonds. The van der Waals surface area contributed by atoms with Crippen LogP contribution in [0.3, 0.4) is 0 Å². The number of Topliss-reactive ketones (excluding diaryl/α,β-unsaturated/α-hetero) is 1. The molecule has 4 nitrogen and oxygen atoms in total. The molecule has 90 valence electrons. The van der Waals surface area contributed by atoms with Crippen LogP contribution < -0.4 is 0 Å². The van der Waals surface area contributed by atoms with Crippen molar-refractivity contribution < 1.29 is 19.4 Å². The van der Waals surface area contributed by atoms with E-state index in [2.05, 4.69) is 0 Å². The highest BCUT2D eigenvalue weighted by atomic mass is 16.8. The molecule has 0 spiro atoms. The smallest absolute Gasteiger partial charge is 0.167 e. The van der Waals surface area contributed by atoms with E-state index >= 15 is 0 Å². The van der Waals surface area contributed by atoms with E-state index in [1.807, 2.05) is 20.8 Å². The Hall–Kier alpha value is -0.450. The molecule has 0 bridgehead atoms. The van der Waals surface area contributed by atoms with E-state index in [0.29, 0.717) is 6.42 Å². The minimum atomic E-state index is -0.719. The van der Waals surface area contributed by atoms with E-state index in [-0.39, 0.29) is 12.4 Å². The summed E-state index contributed by atoms with van der Waals surface area (Å²) in [6.07, 6.45) is -0.467. The van der Waals surface area contributed by atoms with Gasteiger partial charge in [0.1, 0.15) is 12.2 Å². The quantitative estimate of drug-likeness (QED) is 0.780. The van der Waals surface area contributed by atoms with Crippen molar-refractivity contribution in [3.8, 4) is 0 Å². The lowest BCUT2D eigenvalue weighted by Crippen LogP contribution is -2.32. The van der Waals surface area contributed by atoms with Gasteiger partial charge in [0, 0.05) is 0 Å². The number of hydrogen-bond donors (Lipinski definition) is 1. The van der Waals surface area contributed by atoms with E-state index < -0.39 is 18.0 Å². The fourth-order valence-corrected chi connectivity index (χ4v) is 1.40. The maximum Gasteiger partial charge on any atom is 0.167 e. The maximum atomic E-state index is 11.1. The summed E-state index contributed by atoms with van der Waals surface area (Å²) in [5.41, 5.74) is 0. The second kappa shape index (κ2) is 6.20. The summed E-state index contributed by atoms with van der Waals surface area (Å²) >= 11 is 0. The number of aliphatic hydroxyl groups is 1. The van der Waals surface area contributed by atoms with Crippen molar-refractivity contribution in [3.63, 3.8) is 0 Å². The molecule has 3 atom stereocenters. The van der Waals surface area contributed by atoms with Crippen LogP contribution in [-0.4, -0.2) is 35.5 Å². The number of hydrogen-bond acceptors (Lipinski definition) is 4. The van der Waals surface area contributed by atoms with Gasteiger partial charge in [0.25, 0.3) is 0 Å². The van der Waals surface area contributed by atoms with Crippen LogP contribution in [0, 0.1) is 0 Å². The van der Waals surface area contributed by atoms with Crippen molar-refractivity contribution in [2.24, 2.45) is 0 Å². The predicted molar refractivity (Wildman–Crippen MR) is 57.6 cm³/mol. The van der Waals surface area contributed by atoms with Crippen molar-refractivity contribution >= 4 is 5.78 Å². The third kappa shape index (κ3) is 3.55. The molecule has 15 heavy (non-hydrogen) atoms. The van der Waals surface area contributed by atoms with Crippen LogP contribution in [0.2, 0.25) is 0 Å². The molecule has 0 aliphatic carbocycles. The van der Waals surface area contributed by atoms with Crippen LogP contribution in [0.5, 0.6) is 0 Å². The van der Waals surface area contributed by atoms with E-state index in [4.69, 9.17) is 14.6 Å². The van der Waals surface area contributed by atoms with E-state index in [9.17, 15) is 4.79 Å². The number of ether oxygens (including phenoxy) is 2. The highest BCUT2D eigenvalue weighted by Crippen LogP contribution is 2.31. The summed E-state index contributed by atoms with van der Waals surface area (Å²) in [4.78, 5) is 11.1. The van der Waals surface area contributed by atoms with E-state index in [1.54, 1.807) is 6.92 Å². The molecule has 1 rings (SSSR count). The predicted octanol–water partition coefficient (Wildman–Crippen LogP) is 1.50. The van der Waals surface area contributed by atoms with Gasteiger partial charge in [-0.3, -0.25) is 4.79 Å². The van der Waals surface area contributed by atoms with Crippen molar-refractivity contribution in [2.45, 2.75) is 59.0 Å². The van der Waals surface area contributed by atoms with Crippen molar-refractivity contribution in [2.75, 3.05) is 6.61 Å². The van der Waals surface area contributed by atoms with Crippen molar-refractivity contribution in [1.29, 1.82) is 0 Å². The molecule has 1 N–H and O–H groups in total. The summed E-state index contributed by atoms with van der Waals surface area (Å²) in [6, 6.07) is 0. The lowest BCUT2D eigenvalue weighted by Gasteiger charge is -2.20. The maximum absolute atomic E-state index is 11.1. The zero-order chi connectivity index (χ0) is 12.1. The van der Waals surface area contributed by atoms with Crippen LogP contribution in [0.4, 0.5) is 0 Å². The van der Waals surface area contributed by atoms with Gasteiger partial charge >= 0.3 is 0 Å². The van der Waals surface area contributed by atoms with Crippen LogP contribution >= 0.6 is 0 Å². The van der Waals surface area contributed by atoms with E-state index in [0.717, 1.165) is 0 Å². The molecule has 0 saturated carbocycles. The monoisotopic (exact) mass is 218 g/mol. The first-order valence-corrected chi connectivity index (χ1v) is 5.49. The van der Waals surface area contributed by atoms with Gasteiger partial charge < -0.3 is 14.6 Å². The molecule has 1 heterocycles. The summed E-state index contributed by atoms with van der Waals surface area (Å²) < 4.78 is 10.9. The Kier molecular flexibility index (Phi) is 6.02. The standard InChI is InChI=1S/C9H16O4.C2H6/c1-4-9(3)12-7(5-10)8(13-9)6(2)11;1-2/h7-8,10H,4-5H2,1-3H3;1-2H3/t7?,8-,9?;/m0./s1. The fourth-order valence-electron chi connectivity index (χ4n) is 1.40. The first kappa shape index (κ1) is 14.6. The first-order valence-electron chi connectivity index (χ1n) is 5.49. The van der Waals surface area contributed by atoms with Gasteiger partial charge in [-0.1, -0.05) is 20.8 Å². The molecule has 1 aliphatic rings. The SMILES string of the molecule is CC.CCC1(C)OC(CO)[C@H](C(C)=O)O1. The minimum absolute atomic E-state index is 0.101. The van der Waals surface area contributed by atoms with Crippen LogP contribution in [-0.2, 0) is 14.3 Å². The van der Waals surface area contributed by atoms with Gasteiger partial charge in [-0.2, -0.15) is 0 Å². The molecule has 1 aliphatic heterocycles. The highest BCUT2D eigenvalue weighted by Gasteiger charge is 2.44. The number of ketones is 1. The first-order chi connectivity index (χ1) is 7.02. The summed E-state index contributed by atoms with van der Waals surface area (Å²) in [5.74, 6) is -0.819. The Morgan fingerprint density at radius 3 is 2.20 bits per heavy atom. The molecule has 0 aromatic heterocycles. The Labute approximate surface area is 91.6 Å². The Balaban J connectivity index is 0.000000921. The number of carbonyl (C=O) groups is 1. The Morgan fingerprint density at radius 2 is 1.93 bits per heavy atom. The topological polar surface area (TPSA) is 55.8 Å². The van der Waals surface area contributed by atoms with E-state index in [1.165, 1.54) is 6.92 Å². The molecule has 0 aromatic carbocycles. The average Bonchev–Trinajstić information content (AvgIpc) is 2.60. The third-order valence-corrected chi connectivity index (χ3v) is 2.34. The number of rotatable bonds is 3. The molecular formula is C11H22O4.